The maximum Gasteiger partial charge on any atom is 0.110 e. The van der Waals surface area contributed by atoms with Crippen molar-refractivity contribution in [2.75, 3.05) is 13.1 Å². The topological polar surface area (TPSA) is 42.2 Å². The maximum absolute atomic E-state index is 6.01. The normalized spacial score (nSPS) is 24.6. The van der Waals surface area contributed by atoms with Gasteiger partial charge in [0, 0.05) is 23.7 Å². The Hall–Kier alpha value is -0.450. The third-order valence-corrected chi connectivity index (χ3v) is 4.63. The molecule has 1 saturated heterocycles. The summed E-state index contributed by atoms with van der Waals surface area (Å²) in [7, 11) is 0. The first kappa shape index (κ1) is 12.0. The van der Waals surface area contributed by atoms with E-state index in [1.165, 1.54) is 22.7 Å². The van der Waals surface area contributed by atoms with Crippen LogP contribution in [0.3, 0.4) is 0 Å². The molecule has 16 heavy (non-hydrogen) atoms. The lowest BCUT2D eigenvalue weighted by Gasteiger charge is -2.34. The van der Waals surface area contributed by atoms with Crippen LogP contribution in [0, 0.1) is 0 Å². The van der Waals surface area contributed by atoms with Gasteiger partial charge in [-0.3, -0.25) is 4.90 Å². The predicted molar refractivity (Wildman–Crippen MR) is 68.7 cm³/mol. The number of hydrogen-bond acceptors (Lipinski definition) is 4. The fourth-order valence-electron chi connectivity index (χ4n) is 2.23. The highest BCUT2D eigenvalue weighted by atomic mass is 32.1. The molecule has 1 aliphatic heterocycles. The maximum atomic E-state index is 6.01. The second-order valence-electron chi connectivity index (χ2n) is 4.59. The molecule has 0 spiro atoms. The van der Waals surface area contributed by atoms with E-state index in [-0.39, 0.29) is 0 Å². The van der Waals surface area contributed by atoms with Crippen LogP contribution in [0.15, 0.2) is 6.20 Å². The van der Waals surface area contributed by atoms with E-state index in [0.717, 1.165) is 19.5 Å². The van der Waals surface area contributed by atoms with Crippen LogP contribution in [0.4, 0.5) is 0 Å². The predicted octanol–water partition coefficient (Wildman–Crippen LogP) is 2.19. The number of piperidine rings is 1. The van der Waals surface area contributed by atoms with Crippen LogP contribution in [0.2, 0.25) is 0 Å². The Bertz CT molecular complexity index is 337. The molecule has 2 N–H and O–H groups in total. The van der Waals surface area contributed by atoms with Gasteiger partial charge >= 0.3 is 0 Å². The zero-order chi connectivity index (χ0) is 11.5. The second kappa shape index (κ2) is 5.25. The van der Waals surface area contributed by atoms with E-state index in [2.05, 4.69) is 23.7 Å². The van der Waals surface area contributed by atoms with Gasteiger partial charge in [0.1, 0.15) is 5.01 Å². The van der Waals surface area contributed by atoms with Crippen molar-refractivity contribution in [1.82, 2.24) is 9.88 Å². The third kappa shape index (κ3) is 2.62. The number of hydrogen-bond donors (Lipinski definition) is 1. The van der Waals surface area contributed by atoms with Gasteiger partial charge < -0.3 is 5.73 Å². The summed E-state index contributed by atoms with van der Waals surface area (Å²) >= 11 is 1.84. The summed E-state index contributed by atoms with van der Waals surface area (Å²) in [5.74, 6) is 0. The minimum Gasteiger partial charge on any atom is -0.327 e. The summed E-state index contributed by atoms with van der Waals surface area (Å²) < 4.78 is 0. The van der Waals surface area contributed by atoms with Crippen LogP contribution in [-0.2, 0) is 6.42 Å². The zero-order valence-corrected chi connectivity index (χ0v) is 11.0. The molecule has 1 aromatic rings. The molecule has 0 amide bonds. The first-order chi connectivity index (χ1) is 7.70. The minimum absolute atomic E-state index is 0.349. The average molecular weight is 239 g/mol. The number of aromatic nitrogens is 1. The Balaban J connectivity index is 2.02. The molecule has 0 radical (unpaired) electrons. The third-order valence-electron chi connectivity index (χ3n) is 3.31. The Morgan fingerprint density at radius 1 is 1.69 bits per heavy atom. The SMILES string of the molecule is CCc1cnc(C(C)N2CCCC(N)C2)s1. The Labute approximate surface area is 102 Å². The van der Waals surface area contributed by atoms with Crippen molar-refractivity contribution in [2.45, 2.75) is 45.2 Å². The van der Waals surface area contributed by atoms with Gasteiger partial charge in [-0.2, -0.15) is 0 Å². The Morgan fingerprint density at radius 2 is 2.50 bits per heavy atom. The highest BCUT2D eigenvalue weighted by Gasteiger charge is 2.23. The summed E-state index contributed by atoms with van der Waals surface area (Å²) in [6.07, 6.45) is 5.49. The lowest BCUT2D eigenvalue weighted by atomic mass is 10.1. The van der Waals surface area contributed by atoms with Gasteiger partial charge in [-0.1, -0.05) is 6.92 Å². The van der Waals surface area contributed by atoms with Crippen LogP contribution in [0.5, 0.6) is 0 Å². The molecular formula is C12H21N3S. The average Bonchev–Trinajstić information content (AvgIpc) is 2.76. The summed E-state index contributed by atoms with van der Waals surface area (Å²) in [5.41, 5.74) is 6.01. The van der Waals surface area contributed by atoms with Crippen LogP contribution >= 0.6 is 11.3 Å². The number of thiazole rings is 1. The van der Waals surface area contributed by atoms with Crippen LogP contribution in [0.1, 0.15) is 42.6 Å². The molecule has 4 heteroatoms. The molecule has 0 bridgehead atoms. The lowest BCUT2D eigenvalue weighted by molar-refractivity contribution is 0.159. The van der Waals surface area contributed by atoms with Gasteiger partial charge in [-0.25, -0.2) is 4.98 Å². The highest BCUT2D eigenvalue weighted by molar-refractivity contribution is 7.11. The smallest absolute Gasteiger partial charge is 0.110 e. The largest absolute Gasteiger partial charge is 0.327 e. The molecule has 0 saturated carbocycles. The van der Waals surface area contributed by atoms with Crippen molar-refractivity contribution in [2.24, 2.45) is 5.73 Å². The molecule has 2 unspecified atom stereocenters. The number of aryl methyl sites for hydroxylation is 1. The standard InChI is InChI=1S/C12H21N3S/c1-3-11-7-14-12(16-11)9(2)15-6-4-5-10(13)8-15/h7,9-10H,3-6,8,13H2,1-2H3. The first-order valence-corrected chi connectivity index (χ1v) is 6.96. The van der Waals surface area contributed by atoms with E-state index in [0.29, 0.717) is 12.1 Å². The first-order valence-electron chi connectivity index (χ1n) is 6.15. The quantitative estimate of drug-likeness (QED) is 0.879. The van der Waals surface area contributed by atoms with Crippen molar-refractivity contribution < 1.29 is 0 Å². The summed E-state index contributed by atoms with van der Waals surface area (Å²) in [5, 5.41) is 1.24. The van der Waals surface area contributed by atoms with E-state index < -0.39 is 0 Å². The fraction of sp³-hybridized carbons (Fsp3) is 0.750. The number of rotatable bonds is 3. The van der Waals surface area contributed by atoms with Crippen molar-refractivity contribution in [3.63, 3.8) is 0 Å². The molecule has 2 rings (SSSR count). The number of nitrogens with zero attached hydrogens (tertiary/aromatic N) is 2. The Kier molecular flexibility index (Phi) is 3.95. The van der Waals surface area contributed by atoms with E-state index >= 15 is 0 Å². The molecule has 0 aliphatic carbocycles. The van der Waals surface area contributed by atoms with Crippen LogP contribution in [-0.4, -0.2) is 29.0 Å². The zero-order valence-electron chi connectivity index (χ0n) is 10.1. The van der Waals surface area contributed by atoms with Gasteiger partial charge in [0.05, 0.1) is 6.04 Å². The molecule has 2 atom stereocenters. The van der Waals surface area contributed by atoms with Gasteiger partial charge in [-0.15, -0.1) is 11.3 Å². The molecule has 0 aromatic carbocycles. The summed E-state index contributed by atoms with van der Waals surface area (Å²) in [4.78, 5) is 8.37. The minimum atomic E-state index is 0.349. The van der Waals surface area contributed by atoms with Gasteiger partial charge in [0.15, 0.2) is 0 Å². The van der Waals surface area contributed by atoms with E-state index in [1.807, 2.05) is 17.5 Å². The lowest BCUT2D eigenvalue weighted by Crippen LogP contribution is -2.43. The number of likely N-dealkylation sites (tertiary alicyclic amines) is 1. The second-order valence-corrected chi connectivity index (χ2v) is 5.74. The molecule has 1 fully saturated rings. The molecule has 1 aromatic heterocycles. The highest BCUT2D eigenvalue weighted by Crippen LogP contribution is 2.27. The van der Waals surface area contributed by atoms with Crippen molar-refractivity contribution in [1.29, 1.82) is 0 Å². The molecular weight excluding hydrogens is 218 g/mol. The van der Waals surface area contributed by atoms with E-state index in [9.17, 15) is 0 Å². The van der Waals surface area contributed by atoms with Crippen LogP contribution in [0.25, 0.3) is 0 Å². The monoisotopic (exact) mass is 239 g/mol. The Morgan fingerprint density at radius 3 is 3.12 bits per heavy atom. The van der Waals surface area contributed by atoms with E-state index in [1.54, 1.807) is 0 Å². The molecule has 90 valence electrons. The van der Waals surface area contributed by atoms with Crippen LogP contribution < -0.4 is 5.73 Å². The summed E-state index contributed by atoms with van der Waals surface area (Å²) in [6, 6.07) is 0.776. The van der Waals surface area contributed by atoms with Crippen molar-refractivity contribution in [3.05, 3.63) is 16.1 Å². The van der Waals surface area contributed by atoms with Crippen molar-refractivity contribution >= 4 is 11.3 Å². The summed E-state index contributed by atoms with van der Waals surface area (Å²) in [6.45, 7) is 6.60. The number of nitrogens with two attached hydrogens (primary N) is 1. The fourth-order valence-corrected chi connectivity index (χ4v) is 3.17. The van der Waals surface area contributed by atoms with Gasteiger partial charge in [-0.05, 0) is 32.7 Å². The van der Waals surface area contributed by atoms with Crippen molar-refractivity contribution in [3.8, 4) is 0 Å². The molecule has 2 heterocycles. The molecule has 1 aliphatic rings. The van der Waals surface area contributed by atoms with Gasteiger partial charge in [0.25, 0.3) is 0 Å². The van der Waals surface area contributed by atoms with Gasteiger partial charge in [0.2, 0.25) is 0 Å². The molecule has 3 nitrogen and oxygen atoms in total. The van der Waals surface area contributed by atoms with E-state index in [4.69, 9.17) is 5.73 Å².